The number of ether oxygens (including phenoxy) is 1. The number of fused-ring (bicyclic) bond motifs is 3. The van der Waals surface area contributed by atoms with Gasteiger partial charge in [0.05, 0.1) is 11.8 Å². The summed E-state index contributed by atoms with van der Waals surface area (Å²) >= 11 is 0. The van der Waals surface area contributed by atoms with Crippen LogP contribution in [0.5, 0.6) is 11.5 Å². The highest BCUT2D eigenvalue weighted by atomic mass is 16.5. The summed E-state index contributed by atoms with van der Waals surface area (Å²) in [6, 6.07) is 17.7. The van der Waals surface area contributed by atoms with E-state index in [1.165, 1.54) is 0 Å². The lowest BCUT2D eigenvalue weighted by Gasteiger charge is -2.38. The highest BCUT2D eigenvalue weighted by molar-refractivity contribution is 6.04. The number of hydrogen-bond donors (Lipinski definition) is 1. The van der Waals surface area contributed by atoms with Crippen molar-refractivity contribution in [3.05, 3.63) is 89.2 Å². The predicted molar refractivity (Wildman–Crippen MR) is 103 cm³/mol. The van der Waals surface area contributed by atoms with Crippen LogP contribution in [0.3, 0.4) is 0 Å². The Balaban J connectivity index is 1.62. The van der Waals surface area contributed by atoms with E-state index < -0.39 is 0 Å². The Morgan fingerprint density at radius 1 is 1.11 bits per heavy atom. The lowest BCUT2D eigenvalue weighted by Crippen LogP contribution is -2.33. The second-order valence-electron chi connectivity index (χ2n) is 6.96. The number of para-hydroxylation sites is 1. The molecule has 0 saturated carbocycles. The minimum absolute atomic E-state index is 0.0649. The standard InChI is InChI=1S/C22H19N3O2/c1-14-8-9-20(26)17(11-14)18-12-19-16-6-2-3-7-21(16)27-22(25(19)24-18)15-5-4-10-23-13-15/h2-11,13,19,22,26H,12H2,1H3. The molecule has 5 nitrogen and oxygen atoms in total. The molecule has 2 aliphatic rings. The van der Waals surface area contributed by atoms with Gasteiger partial charge in [0.2, 0.25) is 6.23 Å². The fourth-order valence-corrected chi connectivity index (χ4v) is 3.82. The second kappa shape index (κ2) is 6.13. The number of hydrogen-bond acceptors (Lipinski definition) is 5. The van der Waals surface area contributed by atoms with Gasteiger partial charge in [0.15, 0.2) is 0 Å². The van der Waals surface area contributed by atoms with Gasteiger partial charge in [-0.15, -0.1) is 0 Å². The van der Waals surface area contributed by atoms with E-state index in [1.807, 2.05) is 60.6 Å². The van der Waals surface area contributed by atoms with Crippen LogP contribution in [0.25, 0.3) is 0 Å². The van der Waals surface area contributed by atoms with Crippen molar-refractivity contribution in [2.75, 3.05) is 0 Å². The third-order valence-corrected chi connectivity index (χ3v) is 5.13. The molecule has 27 heavy (non-hydrogen) atoms. The summed E-state index contributed by atoms with van der Waals surface area (Å²) < 4.78 is 6.29. The van der Waals surface area contributed by atoms with Crippen molar-refractivity contribution in [3.63, 3.8) is 0 Å². The first-order valence-corrected chi connectivity index (χ1v) is 9.02. The van der Waals surface area contributed by atoms with E-state index in [9.17, 15) is 5.11 Å². The maximum absolute atomic E-state index is 10.4. The molecule has 0 radical (unpaired) electrons. The SMILES string of the molecule is Cc1ccc(O)c(C2=NN3C(C2)c2ccccc2OC3c2cccnc2)c1. The van der Waals surface area contributed by atoms with Crippen molar-refractivity contribution in [1.29, 1.82) is 0 Å². The van der Waals surface area contributed by atoms with Crippen LogP contribution < -0.4 is 4.74 Å². The van der Waals surface area contributed by atoms with Gasteiger partial charge in [-0.2, -0.15) is 5.10 Å². The van der Waals surface area contributed by atoms with E-state index in [1.54, 1.807) is 12.3 Å². The van der Waals surface area contributed by atoms with E-state index in [4.69, 9.17) is 9.84 Å². The third-order valence-electron chi connectivity index (χ3n) is 5.13. The maximum Gasteiger partial charge on any atom is 0.215 e. The number of benzene rings is 2. The predicted octanol–water partition coefficient (Wildman–Crippen LogP) is 4.34. The van der Waals surface area contributed by atoms with Gasteiger partial charge in [0, 0.05) is 35.5 Å². The zero-order valence-corrected chi connectivity index (χ0v) is 14.9. The molecule has 134 valence electrons. The van der Waals surface area contributed by atoms with Gasteiger partial charge in [0.25, 0.3) is 0 Å². The normalized spacial score (nSPS) is 20.5. The molecule has 2 atom stereocenters. The fraction of sp³-hybridized carbons (Fsp3) is 0.182. The number of aromatic nitrogens is 1. The van der Waals surface area contributed by atoms with E-state index in [0.29, 0.717) is 6.42 Å². The van der Waals surface area contributed by atoms with E-state index in [-0.39, 0.29) is 18.0 Å². The molecule has 0 bridgehead atoms. The number of aryl methyl sites for hydroxylation is 1. The number of phenolic OH excluding ortho intramolecular Hbond substituents is 1. The van der Waals surface area contributed by atoms with Crippen molar-refractivity contribution in [1.82, 2.24) is 9.99 Å². The molecule has 2 unspecified atom stereocenters. The molecule has 2 aromatic carbocycles. The molecular formula is C22H19N3O2. The Bertz CT molecular complexity index is 1030. The van der Waals surface area contributed by atoms with E-state index in [2.05, 4.69) is 11.1 Å². The fourth-order valence-electron chi connectivity index (χ4n) is 3.82. The number of rotatable bonds is 2. The molecule has 3 aromatic rings. The summed E-state index contributed by atoms with van der Waals surface area (Å²) in [6.45, 7) is 2.02. The molecule has 5 rings (SSSR count). The Morgan fingerprint density at radius 2 is 2.00 bits per heavy atom. The summed E-state index contributed by atoms with van der Waals surface area (Å²) in [5.74, 6) is 1.13. The summed E-state index contributed by atoms with van der Waals surface area (Å²) in [6.07, 6.45) is 3.94. The number of phenols is 1. The van der Waals surface area contributed by atoms with Crippen LogP contribution in [0, 0.1) is 6.92 Å². The Hall–Kier alpha value is -3.34. The lowest BCUT2D eigenvalue weighted by molar-refractivity contribution is -0.0192. The van der Waals surface area contributed by atoms with Crippen molar-refractivity contribution in [2.45, 2.75) is 25.6 Å². The van der Waals surface area contributed by atoms with Crippen LogP contribution in [0.15, 0.2) is 72.1 Å². The Morgan fingerprint density at radius 3 is 2.85 bits per heavy atom. The average molecular weight is 357 g/mol. The Kier molecular flexibility index (Phi) is 3.60. The van der Waals surface area contributed by atoms with Crippen molar-refractivity contribution in [3.8, 4) is 11.5 Å². The first-order chi connectivity index (χ1) is 13.2. The molecule has 3 heterocycles. The minimum atomic E-state index is -0.344. The quantitative estimate of drug-likeness (QED) is 0.741. The molecule has 1 N–H and O–H groups in total. The van der Waals surface area contributed by atoms with Crippen LogP contribution >= 0.6 is 0 Å². The average Bonchev–Trinajstić information content (AvgIpc) is 3.15. The zero-order valence-electron chi connectivity index (χ0n) is 14.9. The van der Waals surface area contributed by atoms with Gasteiger partial charge in [-0.1, -0.05) is 35.9 Å². The molecule has 0 aliphatic carbocycles. The van der Waals surface area contributed by atoms with Crippen molar-refractivity contribution < 1.29 is 9.84 Å². The van der Waals surface area contributed by atoms with E-state index in [0.717, 1.165) is 33.7 Å². The van der Waals surface area contributed by atoms with E-state index >= 15 is 0 Å². The summed E-state index contributed by atoms with van der Waals surface area (Å²) in [7, 11) is 0. The number of nitrogens with zero attached hydrogens (tertiary/aromatic N) is 3. The highest BCUT2D eigenvalue weighted by Crippen LogP contribution is 2.47. The van der Waals surface area contributed by atoms with Crippen LogP contribution in [0.2, 0.25) is 0 Å². The Labute approximate surface area is 157 Å². The van der Waals surface area contributed by atoms with Crippen LogP contribution in [-0.4, -0.2) is 20.8 Å². The first kappa shape index (κ1) is 15.9. The first-order valence-electron chi connectivity index (χ1n) is 9.02. The largest absolute Gasteiger partial charge is 0.507 e. The lowest BCUT2D eigenvalue weighted by atomic mass is 9.95. The summed E-state index contributed by atoms with van der Waals surface area (Å²) in [4.78, 5) is 4.24. The molecular weight excluding hydrogens is 338 g/mol. The number of hydrazone groups is 1. The van der Waals surface area contributed by atoms with Crippen molar-refractivity contribution >= 4 is 5.71 Å². The second-order valence-corrected chi connectivity index (χ2v) is 6.96. The zero-order chi connectivity index (χ0) is 18.4. The number of pyridine rings is 1. The summed E-state index contributed by atoms with van der Waals surface area (Å²) in [5.41, 5.74) is 4.82. The molecule has 0 amide bonds. The molecule has 2 aliphatic heterocycles. The van der Waals surface area contributed by atoms with Crippen LogP contribution in [0.4, 0.5) is 0 Å². The highest BCUT2D eigenvalue weighted by Gasteiger charge is 2.41. The maximum atomic E-state index is 10.4. The topological polar surface area (TPSA) is 58.0 Å². The van der Waals surface area contributed by atoms with Gasteiger partial charge in [0.1, 0.15) is 11.5 Å². The van der Waals surface area contributed by atoms with Gasteiger partial charge in [-0.3, -0.25) is 4.98 Å². The van der Waals surface area contributed by atoms with Crippen LogP contribution in [-0.2, 0) is 0 Å². The van der Waals surface area contributed by atoms with Gasteiger partial charge < -0.3 is 9.84 Å². The molecule has 0 fully saturated rings. The number of aromatic hydroxyl groups is 1. The molecule has 1 aromatic heterocycles. The summed E-state index contributed by atoms with van der Waals surface area (Å²) in [5, 5.41) is 17.2. The third kappa shape index (κ3) is 2.63. The van der Waals surface area contributed by atoms with Gasteiger partial charge in [-0.25, -0.2) is 5.01 Å². The minimum Gasteiger partial charge on any atom is -0.507 e. The molecule has 5 heteroatoms. The van der Waals surface area contributed by atoms with Gasteiger partial charge >= 0.3 is 0 Å². The smallest absolute Gasteiger partial charge is 0.215 e. The molecule has 0 spiro atoms. The van der Waals surface area contributed by atoms with Gasteiger partial charge in [-0.05, 0) is 31.2 Å². The van der Waals surface area contributed by atoms with Crippen LogP contribution in [0.1, 0.15) is 40.9 Å². The monoisotopic (exact) mass is 357 g/mol. The van der Waals surface area contributed by atoms with Crippen molar-refractivity contribution in [2.24, 2.45) is 5.10 Å². The molecule has 0 saturated heterocycles.